The molecule has 0 unspecified atom stereocenters. The fraction of sp³-hybridized carbons (Fsp3) is 0.692. The summed E-state index contributed by atoms with van der Waals surface area (Å²) in [5, 5.41) is 0. The monoisotopic (exact) mass is 210 g/mol. The second-order valence-corrected chi connectivity index (χ2v) is 3.56. The molecule has 0 radical (unpaired) electrons. The Kier molecular flexibility index (Phi) is 10.3. The van der Waals surface area contributed by atoms with Gasteiger partial charge in [-0.25, -0.2) is 0 Å². The molecule has 86 valence electrons. The zero-order valence-electron chi connectivity index (χ0n) is 9.92. The van der Waals surface area contributed by atoms with Gasteiger partial charge in [0.15, 0.2) is 0 Å². The molecule has 2 heteroatoms. The maximum absolute atomic E-state index is 10.7. The number of hydrogen-bond acceptors (Lipinski definition) is 2. The van der Waals surface area contributed by atoms with Crippen LogP contribution in [0.1, 0.15) is 51.9 Å². The van der Waals surface area contributed by atoms with Crippen LogP contribution in [0.4, 0.5) is 0 Å². The van der Waals surface area contributed by atoms with E-state index in [1.54, 1.807) is 6.08 Å². The molecule has 0 aromatic heterocycles. The predicted molar refractivity (Wildman–Crippen MR) is 62.7 cm³/mol. The first-order valence-corrected chi connectivity index (χ1v) is 5.77. The van der Waals surface area contributed by atoms with Crippen molar-refractivity contribution in [2.75, 3.05) is 7.11 Å². The highest BCUT2D eigenvalue weighted by Gasteiger charge is 1.92. The van der Waals surface area contributed by atoms with Gasteiger partial charge in [-0.3, -0.25) is 4.79 Å². The molecule has 0 rings (SSSR count). The van der Waals surface area contributed by atoms with Gasteiger partial charge in [0.2, 0.25) is 0 Å². The van der Waals surface area contributed by atoms with E-state index in [0.29, 0.717) is 6.42 Å². The van der Waals surface area contributed by atoms with Crippen LogP contribution in [-0.2, 0) is 9.53 Å². The highest BCUT2D eigenvalue weighted by molar-refractivity contribution is 5.70. The van der Waals surface area contributed by atoms with Crippen LogP contribution in [0.25, 0.3) is 0 Å². The van der Waals surface area contributed by atoms with Crippen LogP contribution in [0.5, 0.6) is 0 Å². The van der Waals surface area contributed by atoms with Crippen LogP contribution in [0.15, 0.2) is 17.9 Å². The van der Waals surface area contributed by atoms with E-state index in [1.165, 1.54) is 39.2 Å². The maximum atomic E-state index is 10.7. The fourth-order valence-electron chi connectivity index (χ4n) is 1.24. The van der Waals surface area contributed by atoms with Gasteiger partial charge in [0.1, 0.15) is 0 Å². The van der Waals surface area contributed by atoms with Crippen molar-refractivity contribution in [1.82, 2.24) is 0 Å². The van der Waals surface area contributed by atoms with Gasteiger partial charge >= 0.3 is 5.97 Å². The van der Waals surface area contributed by atoms with Crippen molar-refractivity contribution in [2.45, 2.75) is 51.9 Å². The van der Waals surface area contributed by atoms with Crippen LogP contribution < -0.4 is 0 Å². The van der Waals surface area contributed by atoms with Crippen molar-refractivity contribution in [1.29, 1.82) is 0 Å². The molecular weight excluding hydrogens is 188 g/mol. The molecule has 0 aromatic carbocycles. The van der Waals surface area contributed by atoms with Crippen molar-refractivity contribution in [3.05, 3.63) is 17.9 Å². The topological polar surface area (TPSA) is 26.3 Å². The summed E-state index contributed by atoms with van der Waals surface area (Å²) in [5.74, 6) is -0.209. The second kappa shape index (κ2) is 11.1. The first kappa shape index (κ1) is 14.0. The molecule has 0 aliphatic rings. The van der Waals surface area contributed by atoms with Crippen molar-refractivity contribution in [3.8, 4) is 0 Å². The van der Waals surface area contributed by atoms with Crippen molar-refractivity contribution < 1.29 is 9.53 Å². The minimum absolute atomic E-state index is 0.209. The lowest BCUT2D eigenvalue weighted by molar-refractivity contribution is -0.139. The van der Waals surface area contributed by atoms with Gasteiger partial charge in [-0.1, -0.05) is 32.6 Å². The molecule has 0 amide bonds. The van der Waals surface area contributed by atoms with Gasteiger partial charge in [-0.2, -0.15) is 0 Å². The molecule has 0 fully saturated rings. The third-order valence-corrected chi connectivity index (χ3v) is 2.18. The smallest absolute Gasteiger partial charge is 0.309 e. The Labute approximate surface area is 93.0 Å². The quantitative estimate of drug-likeness (QED) is 0.347. The van der Waals surface area contributed by atoms with E-state index in [0.717, 1.165) is 6.42 Å². The first-order valence-electron chi connectivity index (χ1n) is 5.77. The Bertz CT molecular complexity index is 213. The van der Waals surface area contributed by atoms with Crippen LogP contribution in [-0.4, -0.2) is 13.1 Å². The Morgan fingerprint density at radius 1 is 1.20 bits per heavy atom. The zero-order chi connectivity index (χ0) is 11.4. The molecule has 0 N–H and O–H groups in total. The minimum atomic E-state index is -0.209. The van der Waals surface area contributed by atoms with Gasteiger partial charge in [0.25, 0.3) is 0 Å². The Morgan fingerprint density at radius 2 is 1.93 bits per heavy atom. The predicted octanol–water partition coefficient (Wildman–Crippen LogP) is 3.62. The molecule has 0 aromatic rings. The lowest BCUT2D eigenvalue weighted by atomic mass is 10.1. The zero-order valence-corrected chi connectivity index (χ0v) is 9.92. The SMILES string of the molecule is CCCCCCCC=C=CCC(=O)OC. The van der Waals surface area contributed by atoms with Crippen LogP contribution in [0.3, 0.4) is 0 Å². The molecular formula is C13H22O2. The number of unbranched alkanes of at least 4 members (excludes halogenated alkanes) is 5. The molecule has 0 saturated carbocycles. The summed E-state index contributed by atoms with van der Waals surface area (Å²) < 4.78 is 4.50. The second-order valence-electron chi connectivity index (χ2n) is 3.56. The highest BCUT2D eigenvalue weighted by atomic mass is 16.5. The summed E-state index contributed by atoms with van der Waals surface area (Å²) in [6.07, 6.45) is 11.6. The molecule has 0 aliphatic heterocycles. The number of carbonyl (C=O) groups excluding carboxylic acids is 1. The normalized spacial score (nSPS) is 9.20. The van der Waals surface area contributed by atoms with Crippen molar-refractivity contribution in [3.63, 3.8) is 0 Å². The lowest BCUT2D eigenvalue weighted by Gasteiger charge is -1.94. The molecule has 2 nitrogen and oxygen atoms in total. The number of methoxy groups -OCH3 is 1. The minimum Gasteiger partial charge on any atom is -0.469 e. The van der Waals surface area contributed by atoms with E-state index in [4.69, 9.17) is 0 Å². The summed E-state index contributed by atoms with van der Waals surface area (Å²) in [7, 11) is 1.40. The van der Waals surface area contributed by atoms with Gasteiger partial charge in [-0.05, 0) is 25.0 Å². The van der Waals surface area contributed by atoms with E-state index in [2.05, 4.69) is 17.4 Å². The third-order valence-electron chi connectivity index (χ3n) is 2.18. The lowest BCUT2D eigenvalue weighted by Crippen LogP contribution is -1.96. The molecule has 0 atom stereocenters. The third kappa shape index (κ3) is 10.9. The summed E-state index contributed by atoms with van der Waals surface area (Å²) >= 11 is 0. The first-order chi connectivity index (χ1) is 7.31. The van der Waals surface area contributed by atoms with E-state index in [1.807, 2.05) is 6.08 Å². The van der Waals surface area contributed by atoms with Crippen molar-refractivity contribution in [2.24, 2.45) is 0 Å². The maximum Gasteiger partial charge on any atom is 0.309 e. The van der Waals surface area contributed by atoms with Crippen LogP contribution in [0, 0.1) is 0 Å². The van der Waals surface area contributed by atoms with Crippen molar-refractivity contribution >= 4 is 5.97 Å². The molecule has 0 saturated heterocycles. The van der Waals surface area contributed by atoms with E-state index >= 15 is 0 Å². The van der Waals surface area contributed by atoms with Gasteiger partial charge in [0.05, 0.1) is 13.5 Å². The molecule has 15 heavy (non-hydrogen) atoms. The number of carbonyl (C=O) groups is 1. The van der Waals surface area contributed by atoms with Gasteiger partial charge < -0.3 is 4.74 Å². The fourth-order valence-corrected chi connectivity index (χ4v) is 1.24. The molecule has 0 heterocycles. The van der Waals surface area contributed by atoms with Gasteiger partial charge in [0, 0.05) is 0 Å². The average molecular weight is 210 g/mol. The summed E-state index contributed by atoms with van der Waals surface area (Å²) in [6.45, 7) is 2.22. The van der Waals surface area contributed by atoms with E-state index in [9.17, 15) is 4.79 Å². The standard InChI is InChI=1S/C13H22O2/c1-3-4-5-6-7-8-9-10-11-12-13(14)15-2/h9,11H,3-8,12H2,1-2H3. The molecule has 0 aliphatic carbocycles. The van der Waals surface area contributed by atoms with Crippen LogP contribution in [0.2, 0.25) is 0 Å². The number of hydrogen-bond donors (Lipinski definition) is 0. The summed E-state index contributed by atoms with van der Waals surface area (Å²) in [4.78, 5) is 10.7. The average Bonchev–Trinajstić information content (AvgIpc) is 2.26. The van der Waals surface area contributed by atoms with E-state index in [-0.39, 0.29) is 5.97 Å². The molecule has 0 spiro atoms. The van der Waals surface area contributed by atoms with Crippen LogP contribution >= 0.6 is 0 Å². The number of esters is 1. The summed E-state index contributed by atoms with van der Waals surface area (Å²) in [6, 6.07) is 0. The molecule has 0 bridgehead atoms. The van der Waals surface area contributed by atoms with Gasteiger partial charge in [-0.15, -0.1) is 5.73 Å². The Balaban J connectivity index is 3.33. The Morgan fingerprint density at radius 3 is 2.60 bits per heavy atom. The van der Waals surface area contributed by atoms with E-state index < -0.39 is 0 Å². The highest BCUT2D eigenvalue weighted by Crippen LogP contribution is 2.04. The summed E-state index contributed by atoms with van der Waals surface area (Å²) in [5.41, 5.74) is 2.99. The Hall–Kier alpha value is -1.01. The number of ether oxygens (including phenoxy) is 1. The number of rotatable bonds is 8. The largest absolute Gasteiger partial charge is 0.469 e.